The summed E-state index contributed by atoms with van der Waals surface area (Å²) in [5.41, 5.74) is 6.30. The number of amides is 2. The van der Waals surface area contributed by atoms with Crippen LogP contribution in [-0.2, 0) is 0 Å². The van der Waals surface area contributed by atoms with Crippen molar-refractivity contribution < 1.29 is 14.7 Å². The number of nitrogens with zero attached hydrogens (tertiary/aromatic N) is 5. The van der Waals surface area contributed by atoms with Crippen LogP contribution >= 0.6 is 11.3 Å². The zero-order chi connectivity index (χ0) is 24.4. The van der Waals surface area contributed by atoms with Gasteiger partial charge in [-0.15, -0.1) is 21.6 Å². The van der Waals surface area contributed by atoms with Crippen LogP contribution in [0, 0.1) is 0 Å². The number of para-hydroxylation sites is 1. The molecule has 10 nitrogen and oxygen atoms in total. The molecule has 0 radical (unpaired) electrons. The maximum atomic E-state index is 13.1. The van der Waals surface area contributed by atoms with Crippen LogP contribution in [0.3, 0.4) is 0 Å². The van der Waals surface area contributed by atoms with E-state index in [1.807, 2.05) is 12.1 Å². The minimum atomic E-state index is -0.766. The maximum Gasteiger partial charge on any atom is 0.269 e. The van der Waals surface area contributed by atoms with Crippen molar-refractivity contribution in [2.45, 2.75) is 0 Å². The molecule has 0 aliphatic rings. The molecule has 0 saturated carbocycles. The molecule has 0 aliphatic carbocycles. The molecule has 5 aromatic rings. The Morgan fingerprint density at radius 2 is 1.77 bits per heavy atom. The molecule has 2 amide bonds. The van der Waals surface area contributed by atoms with Gasteiger partial charge in [0.05, 0.1) is 11.8 Å². The fourth-order valence-electron chi connectivity index (χ4n) is 3.56. The van der Waals surface area contributed by atoms with Gasteiger partial charge in [0.1, 0.15) is 11.4 Å². The molecular formula is C24H17N7O3S. The van der Waals surface area contributed by atoms with E-state index in [0.29, 0.717) is 21.6 Å². The third-order valence-corrected chi connectivity index (χ3v) is 5.86. The van der Waals surface area contributed by atoms with Crippen molar-refractivity contribution >= 4 is 51.0 Å². The van der Waals surface area contributed by atoms with E-state index in [-0.39, 0.29) is 28.4 Å². The minimum absolute atomic E-state index is 0.00831. The highest BCUT2D eigenvalue weighted by atomic mass is 32.1. The molecule has 11 heteroatoms. The summed E-state index contributed by atoms with van der Waals surface area (Å²) in [6.07, 6.45) is 2.90. The van der Waals surface area contributed by atoms with Crippen LogP contribution < -0.4 is 11.1 Å². The van der Waals surface area contributed by atoms with Gasteiger partial charge in [-0.1, -0.05) is 42.5 Å². The van der Waals surface area contributed by atoms with Gasteiger partial charge in [-0.05, 0) is 29.0 Å². The number of hydrogen-bond donors (Lipinski definition) is 3. The smallest absolute Gasteiger partial charge is 0.269 e. The summed E-state index contributed by atoms with van der Waals surface area (Å²) in [5, 5.41) is 29.6. The van der Waals surface area contributed by atoms with E-state index in [9.17, 15) is 14.7 Å². The molecular weight excluding hydrogens is 466 g/mol. The van der Waals surface area contributed by atoms with Gasteiger partial charge in [0.15, 0.2) is 11.4 Å². The first kappa shape index (κ1) is 21.9. The molecule has 2 aromatic heterocycles. The maximum absolute atomic E-state index is 13.1. The van der Waals surface area contributed by atoms with E-state index in [2.05, 4.69) is 25.6 Å². The van der Waals surface area contributed by atoms with Crippen molar-refractivity contribution in [2.24, 2.45) is 16.0 Å². The quantitative estimate of drug-likeness (QED) is 0.292. The molecule has 3 aromatic carbocycles. The zero-order valence-electron chi connectivity index (χ0n) is 18.0. The van der Waals surface area contributed by atoms with Crippen molar-refractivity contribution in [3.63, 3.8) is 0 Å². The number of carbonyl (C=O) groups is 2. The Hall–Kier alpha value is -4.90. The van der Waals surface area contributed by atoms with Gasteiger partial charge in [0, 0.05) is 17.3 Å². The third kappa shape index (κ3) is 4.23. The SMILES string of the molecule is NC(=O)c1c(/N=N/c2cc3ccccc3c(C(=O)Nc3ccccc3)c2O)cnn1-c1nccs1. The van der Waals surface area contributed by atoms with Gasteiger partial charge in [0.25, 0.3) is 11.8 Å². The molecule has 0 saturated heterocycles. The number of aromatic nitrogens is 3. The topological polar surface area (TPSA) is 148 Å². The Balaban J connectivity index is 1.58. The lowest BCUT2D eigenvalue weighted by Gasteiger charge is -2.12. The number of hydrogen-bond acceptors (Lipinski definition) is 8. The summed E-state index contributed by atoms with van der Waals surface area (Å²) in [5.74, 6) is -1.62. The summed E-state index contributed by atoms with van der Waals surface area (Å²) >= 11 is 1.27. The highest BCUT2D eigenvalue weighted by molar-refractivity contribution is 7.12. The number of anilines is 1. The number of carbonyl (C=O) groups excluding carboxylic acids is 2. The lowest BCUT2D eigenvalue weighted by atomic mass is 10.0. The Kier molecular flexibility index (Phi) is 5.73. The number of thiazole rings is 1. The number of primary amides is 1. The van der Waals surface area contributed by atoms with Crippen LogP contribution in [0.15, 0.2) is 88.7 Å². The molecule has 5 rings (SSSR count). The molecule has 0 aliphatic heterocycles. The Labute approximate surface area is 202 Å². The van der Waals surface area contributed by atoms with Crippen LogP contribution in [-0.4, -0.2) is 31.7 Å². The van der Waals surface area contributed by atoms with Crippen LogP contribution in [0.5, 0.6) is 5.75 Å². The summed E-state index contributed by atoms with van der Waals surface area (Å²) in [4.78, 5) is 29.4. The first-order valence-electron chi connectivity index (χ1n) is 10.3. The lowest BCUT2D eigenvalue weighted by molar-refractivity contribution is 0.0991. The fourth-order valence-corrected chi connectivity index (χ4v) is 4.16. The number of rotatable bonds is 6. The van der Waals surface area contributed by atoms with Crippen molar-refractivity contribution in [1.82, 2.24) is 14.8 Å². The molecule has 0 atom stereocenters. The van der Waals surface area contributed by atoms with E-state index < -0.39 is 11.8 Å². The average molecular weight is 484 g/mol. The van der Waals surface area contributed by atoms with Crippen LogP contribution in [0.2, 0.25) is 0 Å². The van der Waals surface area contributed by atoms with Crippen LogP contribution in [0.1, 0.15) is 20.8 Å². The summed E-state index contributed by atoms with van der Waals surface area (Å²) in [6.45, 7) is 0. The van der Waals surface area contributed by atoms with Gasteiger partial charge < -0.3 is 16.2 Å². The molecule has 0 fully saturated rings. The number of aromatic hydroxyl groups is 1. The summed E-state index contributed by atoms with van der Waals surface area (Å²) < 4.78 is 1.28. The first-order chi connectivity index (χ1) is 17.0. The standard InChI is InChI=1S/C24H17N7O3S/c25-22(33)20-18(13-27-31(20)24-26-10-11-35-24)30-29-17-12-14-6-4-5-9-16(14)19(21(17)32)23(34)28-15-7-2-1-3-8-15/h1-13,32H,(H2,25,33)(H,28,34)/b30-29+. The number of nitrogens with two attached hydrogens (primary N) is 1. The zero-order valence-corrected chi connectivity index (χ0v) is 18.8. The average Bonchev–Trinajstić information content (AvgIpc) is 3.53. The first-order valence-corrected chi connectivity index (χ1v) is 11.2. The number of phenolic OH excluding ortho intramolecular Hbond substituents is 1. The fraction of sp³-hybridized carbons (Fsp3) is 0. The van der Waals surface area contributed by atoms with E-state index in [1.54, 1.807) is 60.1 Å². The van der Waals surface area contributed by atoms with Gasteiger partial charge in [-0.25, -0.2) is 4.98 Å². The molecule has 0 spiro atoms. The second-order valence-electron chi connectivity index (χ2n) is 7.33. The van der Waals surface area contributed by atoms with Crippen molar-refractivity contribution in [1.29, 1.82) is 0 Å². The largest absolute Gasteiger partial charge is 0.505 e. The van der Waals surface area contributed by atoms with Crippen LogP contribution in [0.4, 0.5) is 17.1 Å². The van der Waals surface area contributed by atoms with Crippen molar-refractivity contribution in [3.8, 4) is 10.9 Å². The molecule has 35 heavy (non-hydrogen) atoms. The van der Waals surface area contributed by atoms with Gasteiger partial charge >= 0.3 is 0 Å². The van der Waals surface area contributed by atoms with Gasteiger partial charge in [-0.2, -0.15) is 9.78 Å². The normalized spacial score (nSPS) is 11.2. The number of phenols is 1. The number of fused-ring (bicyclic) bond motifs is 1. The Morgan fingerprint density at radius 3 is 2.51 bits per heavy atom. The van der Waals surface area contributed by atoms with Crippen molar-refractivity contribution in [2.75, 3.05) is 5.32 Å². The predicted molar refractivity (Wildman–Crippen MR) is 132 cm³/mol. The second-order valence-corrected chi connectivity index (χ2v) is 8.20. The Morgan fingerprint density at radius 1 is 1.03 bits per heavy atom. The Bertz CT molecular complexity index is 1580. The van der Waals surface area contributed by atoms with Crippen LogP contribution in [0.25, 0.3) is 15.9 Å². The predicted octanol–water partition coefficient (Wildman–Crippen LogP) is 4.95. The lowest BCUT2D eigenvalue weighted by Crippen LogP contribution is -2.16. The van der Waals surface area contributed by atoms with E-state index in [1.165, 1.54) is 22.2 Å². The highest BCUT2D eigenvalue weighted by Gasteiger charge is 2.21. The molecule has 4 N–H and O–H groups in total. The number of benzene rings is 3. The number of azo groups is 1. The van der Waals surface area contributed by atoms with E-state index >= 15 is 0 Å². The molecule has 2 heterocycles. The molecule has 0 unspecified atom stereocenters. The minimum Gasteiger partial charge on any atom is -0.505 e. The highest BCUT2D eigenvalue weighted by Crippen LogP contribution is 2.38. The monoisotopic (exact) mass is 483 g/mol. The summed E-state index contributed by atoms with van der Waals surface area (Å²) in [7, 11) is 0. The molecule has 0 bridgehead atoms. The van der Waals surface area contributed by atoms with Gasteiger partial charge in [0.2, 0.25) is 5.13 Å². The van der Waals surface area contributed by atoms with E-state index in [0.717, 1.165) is 0 Å². The molecule has 172 valence electrons. The second kappa shape index (κ2) is 9.15. The van der Waals surface area contributed by atoms with E-state index in [4.69, 9.17) is 5.73 Å². The number of nitrogens with one attached hydrogen (secondary N) is 1. The third-order valence-electron chi connectivity index (χ3n) is 5.11. The van der Waals surface area contributed by atoms with Gasteiger partial charge in [-0.3, -0.25) is 9.59 Å². The van der Waals surface area contributed by atoms with Crippen molar-refractivity contribution in [3.05, 3.63) is 89.7 Å². The summed E-state index contributed by atoms with van der Waals surface area (Å²) in [6, 6.07) is 17.6.